The molecule has 3 atom stereocenters. The molecule has 3 amide bonds. The number of fused-ring (bicyclic) bond motifs is 5. The minimum absolute atomic E-state index is 0.0826. The van der Waals surface area contributed by atoms with E-state index in [1.54, 1.807) is 14.2 Å². The van der Waals surface area contributed by atoms with Gasteiger partial charge in [0.2, 0.25) is 0 Å². The highest BCUT2D eigenvalue weighted by Gasteiger charge is 2.62. The molecule has 2 aromatic carbocycles. The molecule has 0 radical (unpaired) electrons. The first-order valence-electron chi connectivity index (χ1n) is 11.7. The second-order valence-electron chi connectivity index (χ2n) is 9.14. The molecule has 2 bridgehead atoms. The van der Waals surface area contributed by atoms with Gasteiger partial charge < -0.3 is 24.6 Å². The van der Waals surface area contributed by atoms with E-state index >= 15 is 0 Å². The molecule has 8 nitrogen and oxygen atoms in total. The summed E-state index contributed by atoms with van der Waals surface area (Å²) >= 11 is 5.61. The van der Waals surface area contributed by atoms with Crippen molar-refractivity contribution in [2.75, 3.05) is 32.2 Å². The molecule has 0 spiro atoms. The Bertz CT molecular complexity index is 1260. The normalized spacial score (nSPS) is 22.5. The monoisotopic (exact) mass is 534 g/mol. The van der Waals surface area contributed by atoms with Gasteiger partial charge in [-0.15, -0.1) is 0 Å². The summed E-state index contributed by atoms with van der Waals surface area (Å²) in [6, 6.07) is 7.99. The van der Waals surface area contributed by atoms with Gasteiger partial charge in [0.15, 0.2) is 16.6 Å². The lowest BCUT2D eigenvalue weighted by atomic mass is 10.1. The van der Waals surface area contributed by atoms with E-state index in [0.717, 1.165) is 22.6 Å². The molecule has 5 rings (SSSR count). The molecule has 3 saturated heterocycles. The molecule has 2 aromatic rings. The number of imide groups is 1. The van der Waals surface area contributed by atoms with Gasteiger partial charge in [0.05, 0.1) is 37.6 Å². The number of nitrogens with zero attached hydrogens (tertiary/aromatic N) is 3. The van der Waals surface area contributed by atoms with Crippen LogP contribution in [0.15, 0.2) is 42.5 Å². The first kappa shape index (κ1) is 25.1. The number of carbonyl (C=O) groups excluding carboxylic acids is 2. The van der Waals surface area contributed by atoms with Gasteiger partial charge in [-0.05, 0) is 61.0 Å². The van der Waals surface area contributed by atoms with Crippen molar-refractivity contribution in [1.29, 1.82) is 0 Å². The number of hydrogen-bond acceptors (Lipinski definition) is 5. The summed E-state index contributed by atoms with van der Waals surface area (Å²) < 4.78 is 50.2. The van der Waals surface area contributed by atoms with Crippen LogP contribution >= 0.6 is 12.2 Å². The summed E-state index contributed by atoms with van der Waals surface area (Å²) in [4.78, 5) is 30.7. The molecule has 1 N–H and O–H groups in total. The highest BCUT2D eigenvalue weighted by molar-refractivity contribution is 7.80. The number of thiocarbonyl (C=S) groups is 1. The van der Waals surface area contributed by atoms with Crippen molar-refractivity contribution in [2.24, 2.45) is 0 Å². The number of rotatable bonds is 6. The van der Waals surface area contributed by atoms with Crippen LogP contribution in [0.1, 0.15) is 17.5 Å². The van der Waals surface area contributed by atoms with E-state index in [1.807, 2.05) is 23.1 Å². The van der Waals surface area contributed by atoms with Crippen molar-refractivity contribution in [3.63, 3.8) is 0 Å². The summed E-state index contributed by atoms with van der Waals surface area (Å²) in [5.41, 5.74) is 0.0262. The van der Waals surface area contributed by atoms with Crippen molar-refractivity contribution < 1.29 is 32.2 Å². The maximum absolute atomic E-state index is 13.3. The topological polar surface area (TPSA) is 74.4 Å². The van der Waals surface area contributed by atoms with Crippen LogP contribution in [0.5, 0.6) is 11.5 Å². The van der Waals surface area contributed by atoms with Crippen LogP contribution in [0.4, 0.5) is 23.7 Å². The van der Waals surface area contributed by atoms with Crippen LogP contribution in [0.3, 0.4) is 0 Å². The van der Waals surface area contributed by atoms with Gasteiger partial charge in [-0.3, -0.25) is 4.79 Å². The lowest BCUT2D eigenvalue weighted by Crippen LogP contribution is -2.57. The number of urea groups is 1. The lowest BCUT2D eigenvalue weighted by Gasteiger charge is -2.36. The van der Waals surface area contributed by atoms with E-state index in [9.17, 15) is 22.8 Å². The average molecular weight is 535 g/mol. The number of methoxy groups -OCH3 is 2. The van der Waals surface area contributed by atoms with E-state index in [1.165, 1.54) is 17.0 Å². The molecule has 196 valence electrons. The molecule has 3 fully saturated rings. The van der Waals surface area contributed by atoms with Gasteiger partial charge in [0, 0.05) is 13.1 Å². The van der Waals surface area contributed by atoms with Crippen molar-refractivity contribution in [1.82, 2.24) is 15.1 Å². The smallest absolute Gasteiger partial charge is 0.416 e. The number of benzene rings is 2. The predicted molar refractivity (Wildman–Crippen MR) is 133 cm³/mol. The Morgan fingerprint density at radius 1 is 1.11 bits per heavy atom. The van der Waals surface area contributed by atoms with Gasteiger partial charge in [-0.1, -0.05) is 12.1 Å². The Morgan fingerprint density at radius 2 is 1.86 bits per heavy atom. The molecule has 12 heteroatoms. The summed E-state index contributed by atoms with van der Waals surface area (Å²) in [6.07, 6.45) is -3.34. The summed E-state index contributed by atoms with van der Waals surface area (Å²) in [5, 5.41) is 3.71. The fourth-order valence-corrected chi connectivity index (χ4v) is 5.71. The van der Waals surface area contributed by atoms with Crippen LogP contribution in [0.25, 0.3) is 0 Å². The number of ether oxygens (including phenoxy) is 2. The SMILES string of the molecule is COc1ccc(CCNC(=S)N2CC3C[C@@H]2[C@@H]2C(=O)N(c4cccc(C(F)(F)F)c4)C(=O)N32)cc1OC. The first-order valence-corrected chi connectivity index (χ1v) is 12.1. The minimum atomic E-state index is -4.58. The zero-order chi connectivity index (χ0) is 26.5. The van der Waals surface area contributed by atoms with Crippen molar-refractivity contribution in [3.8, 4) is 11.5 Å². The Labute approximate surface area is 216 Å². The van der Waals surface area contributed by atoms with Gasteiger partial charge in [-0.25, -0.2) is 9.69 Å². The number of nitrogens with one attached hydrogen (secondary N) is 1. The van der Waals surface area contributed by atoms with Gasteiger partial charge in [0.1, 0.15) is 6.04 Å². The molecule has 3 heterocycles. The molecule has 0 saturated carbocycles. The molecule has 0 aliphatic carbocycles. The van der Waals surface area contributed by atoms with Crippen LogP contribution in [0.2, 0.25) is 0 Å². The predicted octanol–water partition coefficient (Wildman–Crippen LogP) is 3.43. The standard InChI is InChI=1S/C25H25F3N4O4S/c1-35-19-7-6-14(10-20(19)36-2)8-9-29-23(37)30-13-17-12-18(30)21-22(33)32(24(34)31(17)21)16-5-3-4-15(11-16)25(26,27)28/h3-7,10-11,17-18,21H,8-9,12-13H2,1-2H3,(H,29,37)/t17?,18-,21-/m1/s1. The van der Waals surface area contributed by atoms with E-state index < -0.39 is 29.7 Å². The van der Waals surface area contributed by atoms with Gasteiger partial charge in [0.25, 0.3) is 5.91 Å². The largest absolute Gasteiger partial charge is 0.493 e. The third kappa shape index (κ3) is 4.32. The number of hydrogen-bond donors (Lipinski definition) is 1. The summed E-state index contributed by atoms with van der Waals surface area (Å²) in [6.45, 7) is 0.999. The number of likely N-dealkylation sites (tertiary alicyclic amines) is 1. The quantitative estimate of drug-likeness (QED) is 0.450. The van der Waals surface area contributed by atoms with Crippen molar-refractivity contribution in [3.05, 3.63) is 53.6 Å². The third-order valence-electron chi connectivity index (χ3n) is 7.09. The third-order valence-corrected chi connectivity index (χ3v) is 7.47. The zero-order valence-corrected chi connectivity index (χ0v) is 20.9. The van der Waals surface area contributed by atoms with Gasteiger partial charge in [-0.2, -0.15) is 13.2 Å². The van der Waals surface area contributed by atoms with Crippen LogP contribution in [0, 0.1) is 0 Å². The van der Waals surface area contributed by atoms with E-state index in [0.29, 0.717) is 42.5 Å². The number of anilines is 1. The number of alkyl halides is 3. The molecule has 3 aliphatic rings. The average Bonchev–Trinajstić information content (AvgIpc) is 3.54. The fraction of sp³-hybridized carbons (Fsp3) is 0.400. The maximum atomic E-state index is 13.3. The molecular weight excluding hydrogens is 509 g/mol. The van der Waals surface area contributed by atoms with E-state index in [4.69, 9.17) is 21.7 Å². The number of piperazine rings is 1. The fourth-order valence-electron chi connectivity index (χ4n) is 5.40. The number of halogens is 3. The molecule has 3 aliphatic heterocycles. The highest BCUT2D eigenvalue weighted by Crippen LogP contribution is 2.43. The highest BCUT2D eigenvalue weighted by atomic mass is 32.1. The Kier molecular flexibility index (Phi) is 6.38. The second-order valence-corrected chi connectivity index (χ2v) is 9.52. The van der Waals surface area contributed by atoms with E-state index in [2.05, 4.69) is 5.32 Å². The summed E-state index contributed by atoms with van der Waals surface area (Å²) in [5.74, 6) is 0.742. The first-order chi connectivity index (χ1) is 17.6. The van der Waals surface area contributed by atoms with Crippen molar-refractivity contribution >= 4 is 35.0 Å². The Balaban J connectivity index is 1.25. The van der Waals surface area contributed by atoms with Crippen LogP contribution in [-0.2, 0) is 17.4 Å². The molecule has 37 heavy (non-hydrogen) atoms. The van der Waals surface area contributed by atoms with Crippen LogP contribution < -0.4 is 19.7 Å². The van der Waals surface area contributed by atoms with Gasteiger partial charge >= 0.3 is 12.2 Å². The summed E-state index contributed by atoms with van der Waals surface area (Å²) in [7, 11) is 3.15. The zero-order valence-electron chi connectivity index (χ0n) is 20.1. The maximum Gasteiger partial charge on any atom is 0.416 e. The van der Waals surface area contributed by atoms with Crippen molar-refractivity contribution in [2.45, 2.75) is 37.1 Å². The Hall–Kier alpha value is -3.54. The lowest BCUT2D eigenvalue weighted by molar-refractivity contribution is -0.137. The van der Waals surface area contributed by atoms with E-state index in [-0.39, 0.29) is 17.8 Å². The Morgan fingerprint density at radius 3 is 2.57 bits per heavy atom. The minimum Gasteiger partial charge on any atom is -0.493 e. The molecule has 1 unspecified atom stereocenters. The number of carbonyl (C=O) groups is 2. The molecule has 0 aromatic heterocycles. The van der Waals surface area contributed by atoms with Crippen LogP contribution in [-0.4, -0.2) is 72.3 Å². The number of amides is 3. The molecular formula is C25H25F3N4O4S. The second kappa shape index (κ2) is 9.40.